The van der Waals surface area contributed by atoms with E-state index in [9.17, 15) is 0 Å². The zero-order chi connectivity index (χ0) is 15.6. The Morgan fingerprint density at radius 3 is 2.24 bits per heavy atom. The van der Waals surface area contributed by atoms with E-state index in [-0.39, 0.29) is 6.04 Å². The number of hydrogen-bond acceptors (Lipinski definition) is 2. The molecule has 0 aliphatic heterocycles. The van der Waals surface area contributed by atoms with Crippen LogP contribution in [0.4, 0.5) is 0 Å². The molecule has 0 radical (unpaired) electrons. The minimum atomic E-state index is 0.153. The fourth-order valence-corrected chi connectivity index (χ4v) is 2.95. The standard InChI is InChI=1S/C17H19Br2NO/c1-10-6-14(7-11(2)17(10)19)21-16-5-4-13(8-12(3)20)9-15(16)18/h4-7,9,12H,8,20H2,1-3H3. The summed E-state index contributed by atoms with van der Waals surface area (Å²) in [5, 5.41) is 0. The highest BCUT2D eigenvalue weighted by Crippen LogP contribution is 2.33. The van der Waals surface area contributed by atoms with Gasteiger partial charge in [0.15, 0.2) is 0 Å². The molecule has 0 fully saturated rings. The topological polar surface area (TPSA) is 35.2 Å². The van der Waals surface area contributed by atoms with E-state index in [0.29, 0.717) is 0 Å². The third kappa shape index (κ3) is 4.31. The van der Waals surface area contributed by atoms with Crippen molar-refractivity contribution in [3.05, 3.63) is 56.0 Å². The average molecular weight is 413 g/mol. The van der Waals surface area contributed by atoms with Crippen LogP contribution in [0.2, 0.25) is 0 Å². The van der Waals surface area contributed by atoms with E-state index in [0.717, 1.165) is 38.0 Å². The molecule has 2 aromatic rings. The van der Waals surface area contributed by atoms with Crippen LogP contribution in [0, 0.1) is 13.8 Å². The van der Waals surface area contributed by atoms with Gasteiger partial charge in [-0.15, -0.1) is 0 Å². The Bertz CT molecular complexity index is 630. The van der Waals surface area contributed by atoms with Crippen molar-refractivity contribution < 1.29 is 4.74 Å². The maximum Gasteiger partial charge on any atom is 0.141 e. The van der Waals surface area contributed by atoms with Gasteiger partial charge in [0, 0.05) is 10.5 Å². The molecule has 0 aliphatic carbocycles. The molecule has 2 aromatic carbocycles. The first-order chi connectivity index (χ1) is 9.86. The van der Waals surface area contributed by atoms with E-state index < -0.39 is 0 Å². The van der Waals surface area contributed by atoms with Crippen LogP contribution in [-0.2, 0) is 6.42 Å². The summed E-state index contributed by atoms with van der Waals surface area (Å²) < 4.78 is 8.06. The minimum Gasteiger partial charge on any atom is -0.456 e. The first-order valence-corrected chi connectivity index (χ1v) is 8.44. The van der Waals surface area contributed by atoms with E-state index >= 15 is 0 Å². The zero-order valence-electron chi connectivity index (χ0n) is 12.4. The second-order valence-electron chi connectivity index (χ2n) is 5.42. The predicted molar refractivity (Wildman–Crippen MR) is 95.2 cm³/mol. The van der Waals surface area contributed by atoms with Crippen molar-refractivity contribution in [2.45, 2.75) is 33.2 Å². The molecule has 21 heavy (non-hydrogen) atoms. The summed E-state index contributed by atoms with van der Waals surface area (Å²) in [4.78, 5) is 0. The molecule has 0 aliphatic rings. The average Bonchev–Trinajstić information content (AvgIpc) is 2.38. The van der Waals surface area contributed by atoms with Crippen molar-refractivity contribution in [3.63, 3.8) is 0 Å². The Labute approximate surface area is 143 Å². The summed E-state index contributed by atoms with van der Waals surface area (Å²) in [6, 6.07) is 10.3. The summed E-state index contributed by atoms with van der Waals surface area (Å²) in [5.41, 5.74) is 9.36. The molecule has 0 spiro atoms. The molecular formula is C17H19Br2NO. The molecule has 0 saturated carbocycles. The molecular weight excluding hydrogens is 394 g/mol. The number of benzene rings is 2. The van der Waals surface area contributed by atoms with Crippen molar-refractivity contribution in [2.24, 2.45) is 5.73 Å². The summed E-state index contributed by atoms with van der Waals surface area (Å²) >= 11 is 7.14. The Kier molecular flexibility index (Phi) is 5.47. The summed E-state index contributed by atoms with van der Waals surface area (Å²) in [7, 11) is 0. The van der Waals surface area contributed by atoms with Gasteiger partial charge in [0.05, 0.1) is 4.47 Å². The van der Waals surface area contributed by atoms with Gasteiger partial charge in [-0.05, 0) is 84.1 Å². The molecule has 112 valence electrons. The third-order valence-electron chi connectivity index (χ3n) is 3.19. The summed E-state index contributed by atoms with van der Waals surface area (Å²) in [5.74, 6) is 1.65. The molecule has 0 bridgehead atoms. The summed E-state index contributed by atoms with van der Waals surface area (Å²) in [6.07, 6.45) is 0.857. The van der Waals surface area contributed by atoms with Gasteiger partial charge in [0.1, 0.15) is 11.5 Å². The molecule has 2 nitrogen and oxygen atoms in total. The Morgan fingerprint density at radius 2 is 1.71 bits per heavy atom. The van der Waals surface area contributed by atoms with E-state index in [1.165, 1.54) is 5.56 Å². The number of aryl methyl sites for hydroxylation is 2. The number of ether oxygens (including phenoxy) is 1. The van der Waals surface area contributed by atoms with Crippen LogP contribution in [0.25, 0.3) is 0 Å². The van der Waals surface area contributed by atoms with Gasteiger partial charge in [0.2, 0.25) is 0 Å². The minimum absolute atomic E-state index is 0.153. The van der Waals surface area contributed by atoms with Gasteiger partial charge in [-0.3, -0.25) is 0 Å². The number of rotatable bonds is 4. The smallest absolute Gasteiger partial charge is 0.141 e. The molecule has 1 unspecified atom stereocenters. The first kappa shape index (κ1) is 16.5. The Hall–Kier alpha value is -0.840. The van der Waals surface area contributed by atoms with E-state index in [1.54, 1.807) is 0 Å². The van der Waals surface area contributed by atoms with Crippen LogP contribution in [0.15, 0.2) is 39.3 Å². The highest BCUT2D eigenvalue weighted by Gasteiger charge is 2.08. The highest BCUT2D eigenvalue weighted by atomic mass is 79.9. The second kappa shape index (κ2) is 6.95. The molecule has 2 rings (SSSR count). The van der Waals surface area contributed by atoms with Crippen LogP contribution in [0.3, 0.4) is 0 Å². The predicted octanol–water partition coefficient (Wildman–Crippen LogP) is 5.51. The fraction of sp³-hybridized carbons (Fsp3) is 0.294. The number of nitrogens with two attached hydrogens (primary N) is 1. The zero-order valence-corrected chi connectivity index (χ0v) is 15.6. The maximum atomic E-state index is 5.99. The molecule has 4 heteroatoms. The van der Waals surface area contributed by atoms with Crippen LogP contribution in [0.1, 0.15) is 23.6 Å². The second-order valence-corrected chi connectivity index (χ2v) is 7.07. The fourth-order valence-electron chi connectivity index (χ4n) is 2.22. The van der Waals surface area contributed by atoms with Gasteiger partial charge < -0.3 is 10.5 Å². The quantitative estimate of drug-likeness (QED) is 0.718. The molecule has 2 N–H and O–H groups in total. The third-order valence-corrected chi connectivity index (χ3v) is 5.06. The van der Waals surface area contributed by atoms with Crippen LogP contribution in [-0.4, -0.2) is 6.04 Å². The van der Waals surface area contributed by atoms with Gasteiger partial charge in [-0.1, -0.05) is 22.0 Å². The van der Waals surface area contributed by atoms with Crippen LogP contribution in [0.5, 0.6) is 11.5 Å². The Morgan fingerprint density at radius 1 is 1.10 bits per heavy atom. The molecule has 0 saturated heterocycles. The summed E-state index contributed by atoms with van der Waals surface area (Å²) in [6.45, 7) is 6.13. The van der Waals surface area contributed by atoms with E-state index in [1.807, 2.05) is 25.1 Å². The SMILES string of the molecule is Cc1cc(Oc2ccc(CC(C)N)cc2Br)cc(C)c1Br. The van der Waals surface area contributed by atoms with E-state index in [2.05, 4.69) is 57.8 Å². The molecule has 0 amide bonds. The van der Waals surface area contributed by atoms with Crippen molar-refractivity contribution in [3.8, 4) is 11.5 Å². The van der Waals surface area contributed by atoms with Crippen LogP contribution >= 0.6 is 31.9 Å². The van der Waals surface area contributed by atoms with Crippen molar-refractivity contribution in [1.82, 2.24) is 0 Å². The largest absolute Gasteiger partial charge is 0.456 e. The van der Waals surface area contributed by atoms with Gasteiger partial charge in [0.25, 0.3) is 0 Å². The lowest BCUT2D eigenvalue weighted by molar-refractivity contribution is 0.478. The highest BCUT2D eigenvalue weighted by molar-refractivity contribution is 9.10. The van der Waals surface area contributed by atoms with E-state index in [4.69, 9.17) is 10.5 Å². The van der Waals surface area contributed by atoms with Crippen LogP contribution < -0.4 is 10.5 Å². The lowest BCUT2D eigenvalue weighted by Gasteiger charge is -2.12. The van der Waals surface area contributed by atoms with Gasteiger partial charge >= 0.3 is 0 Å². The normalized spacial score (nSPS) is 12.3. The van der Waals surface area contributed by atoms with Gasteiger partial charge in [-0.25, -0.2) is 0 Å². The van der Waals surface area contributed by atoms with Crippen molar-refractivity contribution in [1.29, 1.82) is 0 Å². The molecule has 1 atom stereocenters. The van der Waals surface area contributed by atoms with Crippen molar-refractivity contribution >= 4 is 31.9 Å². The van der Waals surface area contributed by atoms with Gasteiger partial charge in [-0.2, -0.15) is 0 Å². The molecule has 0 aromatic heterocycles. The maximum absolute atomic E-state index is 5.99. The first-order valence-electron chi connectivity index (χ1n) is 6.85. The van der Waals surface area contributed by atoms with Crippen molar-refractivity contribution in [2.75, 3.05) is 0 Å². The monoisotopic (exact) mass is 411 g/mol. The lowest BCUT2D eigenvalue weighted by Crippen LogP contribution is -2.17. The number of hydrogen-bond donors (Lipinski definition) is 1. The Balaban J connectivity index is 2.24. The lowest BCUT2D eigenvalue weighted by atomic mass is 10.1. The molecule has 0 heterocycles. The number of halogens is 2.